The van der Waals surface area contributed by atoms with Crippen LogP contribution in [0.1, 0.15) is 21.3 Å². The van der Waals surface area contributed by atoms with E-state index in [9.17, 15) is 4.79 Å². The lowest BCUT2D eigenvalue weighted by Gasteiger charge is -1.97. The summed E-state index contributed by atoms with van der Waals surface area (Å²) in [6.07, 6.45) is 2.51. The second kappa shape index (κ2) is 5.19. The first-order chi connectivity index (χ1) is 8.15. The van der Waals surface area contributed by atoms with E-state index in [0.717, 1.165) is 16.4 Å². The standard InChI is InChI=1S/C13H14N2OS/c1-9-10(2)17-13(15-9)8-12(16)7-11-5-3-4-6-14-11/h3-6H,7-8H2,1-2H3. The molecule has 0 spiro atoms. The van der Waals surface area contributed by atoms with Crippen molar-refractivity contribution in [3.63, 3.8) is 0 Å². The molecular formula is C13H14N2OS. The summed E-state index contributed by atoms with van der Waals surface area (Å²) in [5.74, 6) is 0.164. The predicted molar refractivity (Wildman–Crippen MR) is 68.2 cm³/mol. The molecule has 0 N–H and O–H groups in total. The van der Waals surface area contributed by atoms with Crippen LogP contribution in [0, 0.1) is 13.8 Å². The van der Waals surface area contributed by atoms with Gasteiger partial charge in [-0.3, -0.25) is 9.78 Å². The van der Waals surface area contributed by atoms with Crippen LogP contribution in [0.15, 0.2) is 24.4 Å². The molecule has 2 aromatic rings. The molecule has 17 heavy (non-hydrogen) atoms. The maximum atomic E-state index is 11.8. The number of ketones is 1. The molecule has 0 saturated carbocycles. The highest BCUT2D eigenvalue weighted by Gasteiger charge is 2.10. The molecule has 3 nitrogen and oxygen atoms in total. The topological polar surface area (TPSA) is 42.9 Å². The number of aromatic nitrogens is 2. The lowest BCUT2D eigenvalue weighted by Crippen LogP contribution is -2.07. The van der Waals surface area contributed by atoms with Gasteiger partial charge >= 0.3 is 0 Å². The highest BCUT2D eigenvalue weighted by Crippen LogP contribution is 2.17. The zero-order valence-corrected chi connectivity index (χ0v) is 10.8. The molecule has 0 bridgehead atoms. The van der Waals surface area contributed by atoms with Crippen molar-refractivity contribution in [3.05, 3.63) is 45.7 Å². The average molecular weight is 246 g/mol. The zero-order valence-electron chi connectivity index (χ0n) is 9.93. The Balaban J connectivity index is 1.98. The zero-order chi connectivity index (χ0) is 12.3. The number of thiazole rings is 1. The van der Waals surface area contributed by atoms with E-state index in [1.165, 1.54) is 4.88 Å². The maximum Gasteiger partial charge on any atom is 0.145 e. The molecular weight excluding hydrogens is 232 g/mol. The second-order valence-electron chi connectivity index (χ2n) is 3.96. The van der Waals surface area contributed by atoms with E-state index in [0.29, 0.717) is 12.8 Å². The minimum atomic E-state index is 0.164. The normalized spacial score (nSPS) is 10.5. The molecule has 0 unspecified atom stereocenters. The van der Waals surface area contributed by atoms with Crippen LogP contribution in [0.2, 0.25) is 0 Å². The smallest absolute Gasteiger partial charge is 0.145 e. The molecule has 0 aromatic carbocycles. The van der Waals surface area contributed by atoms with Crippen molar-refractivity contribution in [1.29, 1.82) is 0 Å². The Morgan fingerprint density at radius 3 is 2.71 bits per heavy atom. The van der Waals surface area contributed by atoms with Crippen molar-refractivity contribution in [2.45, 2.75) is 26.7 Å². The number of pyridine rings is 1. The first-order valence-corrected chi connectivity index (χ1v) is 6.31. The Labute approximate surface area is 105 Å². The van der Waals surface area contributed by atoms with Gasteiger partial charge in [0.15, 0.2) is 0 Å². The summed E-state index contributed by atoms with van der Waals surface area (Å²) in [5, 5.41) is 0.904. The predicted octanol–water partition coefficient (Wildman–Crippen LogP) is 2.51. The molecule has 0 saturated heterocycles. The van der Waals surface area contributed by atoms with Gasteiger partial charge in [0.1, 0.15) is 10.8 Å². The first-order valence-electron chi connectivity index (χ1n) is 5.49. The van der Waals surface area contributed by atoms with Crippen LogP contribution in [-0.4, -0.2) is 15.8 Å². The minimum Gasteiger partial charge on any atom is -0.299 e. The van der Waals surface area contributed by atoms with Gasteiger partial charge in [-0.1, -0.05) is 6.07 Å². The summed E-state index contributed by atoms with van der Waals surface area (Å²) in [4.78, 5) is 21.5. The molecule has 88 valence electrons. The molecule has 0 aliphatic heterocycles. The van der Waals surface area contributed by atoms with Crippen molar-refractivity contribution in [2.75, 3.05) is 0 Å². The molecule has 2 heterocycles. The van der Waals surface area contributed by atoms with Gasteiger partial charge in [0, 0.05) is 23.2 Å². The number of carbonyl (C=O) groups is 1. The Hall–Kier alpha value is -1.55. The van der Waals surface area contributed by atoms with E-state index in [1.54, 1.807) is 17.5 Å². The maximum absolute atomic E-state index is 11.8. The summed E-state index contributed by atoms with van der Waals surface area (Å²) in [6, 6.07) is 5.62. The van der Waals surface area contributed by atoms with Crippen molar-refractivity contribution in [3.8, 4) is 0 Å². The van der Waals surface area contributed by atoms with E-state index >= 15 is 0 Å². The van der Waals surface area contributed by atoms with Gasteiger partial charge in [-0.25, -0.2) is 4.98 Å². The number of hydrogen-bond acceptors (Lipinski definition) is 4. The third-order valence-corrected chi connectivity index (χ3v) is 3.60. The third-order valence-electron chi connectivity index (χ3n) is 2.53. The van der Waals surface area contributed by atoms with Gasteiger partial charge in [-0.05, 0) is 26.0 Å². The lowest BCUT2D eigenvalue weighted by atomic mass is 10.1. The van der Waals surface area contributed by atoms with Crippen LogP contribution in [0.5, 0.6) is 0 Å². The summed E-state index contributed by atoms with van der Waals surface area (Å²) >= 11 is 1.60. The van der Waals surface area contributed by atoms with E-state index in [-0.39, 0.29) is 5.78 Å². The number of hydrogen-bond donors (Lipinski definition) is 0. The fourth-order valence-electron chi connectivity index (χ4n) is 1.55. The molecule has 0 aliphatic rings. The van der Waals surface area contributed by atoms with Gasteiger partial charge in [0.2, 0.25) is 0 Å². The number of nitrogens with zero attached hydrogens (tertiary/aromatic N) is 2. The quantitative estimate of drug-likeness (QED) is 0.832. The highest BCUT2D eigenvalue weighted by atomic mass is 32.1. The van der Waals surface area contributed by atoms with Gasteiger partial charge in [0.05, 0.1) is 12.1 Å². The fourth-order valence-corrected chi connectivity index (χ4v) is 2.51. The first kappa shape index (κ1) is 11.9. The summed E-state index contributed by atoms with van der Waals surface area (Å²) in [7, 11) is 0. The van der Waals surface area contributed by atoms with Gasteiger partial charge in [0.25, 0.3) is 0 Å². The number of rotatable bonds is 4. The van der Waals surface area contributed by atoms with Crippen LogP contribution in [0.4, 0.5) is 0 Å². The van der Waals surface area contributed by atoms with Crippen LogP contribution in [0.3, 0.4) is 0 Å². The Kier molecular flexibility index (Phi) is 3.64. The third kappa shape index (κ3) is 3.20. The fraction of sp³-hybridized carbons (Fsp3) is 0.308. The lowest BCUT2D eigenvalue weighted by molar-refractivity contribution is -0.117. The van der Waals surface area contributed by atoms with E-state index < -0.39 is 0 Å². The second-order valence-corrected chi connectivity index (χ2v) is 5.25. The van der Waals surface area contributed by atoms with Crippen LogP contribution in [0.25, 0.3) is 0 Å². The molecule has 0 radical (unpaired) electrons. The Morgan fingerprint density at radius 1 is 1.29 bits per heavy atom. The summed E-state index contributed by atoms with van der Waals surface area (Å²) < 4.78 is 0. The molecule has 0 atom stereocenters. The average Bonchev–Trinajstić information content (AvgIpc) is 2.59. The Morgan fingerprint density at radius 2 is 2.12 bits per heavy atom. The number of Topliss-reactive ketones (excluding diaryl/α,β-unsaturated/α-hetero) is 1. The summed E-state index contributed by atoms with van der Waals surface area (Å²) in [5.41, 5.74) is 1.85. The van der Waals surface area contributed by atoms with E-state index in [4.69, 9.17) is 0 Å². The van der Waals surface area contributed by atoms with Crippen molar-refractivity contribution in [1.82, 2.24) is 9.97 Å². The largest absolute Gasteiger partial charge is 0.299 e. The van der Waals surface area contributed by atoms with Crippen molar-refractivity contribution >= 4 is 17.1 Å². The van der Waals surface area contributed by atoms with Crippen LogP contribution >= 0.6 is 11.3 Å². The molecule has 0 fully saturated rings. The van der Waals surface area contributed by atoms with Crippen molar-refractivity contribution in [2.24, 2.45) is 0 Å². The monoisotopic (exact) mass is 246 g/mol. The van der Waals surface area contributed by atoms with Crippen molar-refractivity contribution < 1.29 is 4.79 Å². The molecule has 2 aromatic heterocycles. The molecule has 4 heteroatoms. The van der Waals surface area contributed by atoms with Gasteiger partial charge < -0.3 is 0 Å². The SMILES string of the molecule is Cc1nc(CC(=O)Cc2ccccn2)sc1C. The van der Waals surface area contributed by atoms with E-state index in [1.807, 2.05) is 32.0 Å². The number of aryl methyl sites for hydroxylation is 2. The summed E-state index contributed by atoms with van der Waals surface area (Å²) in [6.45, 7) is 4.00. The van der Waals surface area contributed by atoms with Gasteiger partial charge in [-0.2, -0.15) is 0 Å². The van der Waals surface area contributed by atoms with Gasteiger partial charge in [-0.15, -0.1) is 11.3 Å². The number of carbonyl (C=O) groups excluding carboxylic acids is 1. The van der Waals surface area contributed by atoms with Crippen LogP contribution in [-0.2, 0) is 17.6 Å². The molecule has 0 aliphatic carbocycles. The van der Waals surface area contributed by atoms with Crippen LogP contribution < -0.4 is 0 Å². The van der Waals surface area contributed by atoms with E-state index in [2.05, 4.69) is 9.97 Å². The molecule has 2 rings (SSSR count). The Bertz CT molecular complexity index is 500. The minimum absolute atomic E-state index is 0.164. The highest BCUT2D eigenvalue weighted by molar-refractivity contribution is 7.11. The molecule has 0 amide bonds.